The number of hydrogen-bond donors (Lipinski definition) is 0. The average molecular weight is 454 g/mol. The molecule has 0 radical (unpaired) electrons. The molecule has 2 aliphatic rings. The van der Waals surface area contributed by atoms with Gasteiger partial charge in [0.05, 0.1) is 19.4 Å². The van der Waals surface area contributed by atoms with Gasteiger partial charge in [0.1, 0.15) is 18.0 Å². The zero-order valence-electron chi connectivity index (χ0n) is 18.8. The summed E-state index contributed by atoms with van der Waals surface area (Å²) in [4.78, 5) is 28.6. The first kappa shape index (κ1) is 22.1. The number of benzene rings is 1. The van der Waals surface area contributed by atoms with E-state index in [1.54, 1.807) is 29.2 Å². The van der Waals surface area contributed by atoms with Crippen molar-refractivity contribution >= 4 is 41.0 Å². The van der Waals surface area contributed by atoms with Crippen LogP contribution in [0.4, 0.5) is 5.69 Å². The minimum atomic E-state index is -0.469. The quantitative estimate of drug-likeness (QED) is 0.359. The van der Waals surface area contributed by atoms with Crippen LogP contribution in [0.15, 0.2) is 36.0 Å². The Morgan fingerprint density at radius 2 is 1.91 bits per heavy atom. The van der Waals surface area contributed by atoms with E-state index < -0.39 is 5.97 Å². The number of carbonyl (C=O) groups excluding carboxylic acids is 2. The second kappa shape index (κ2) is 8.78. The number of aromatic nitrogens is 1. The molecule has 0 unspecified atom stereocenters. The Balaban J connectivity index is 1.73. The van der Waals surface area contributed by atoms with Crippen LogP contribution in [0.5, 0.6) is 5.75 Å². The van der Waals surface area contributed by atoms with E-state index in [4.69, 9.17) is 21.7 Å². The number of aryl methyl sites for hydroxylation is 1. The summed E-state index contributed by atoms with van der Waals surface area (Å²) in [6, 6.07) is 9.77. The van der Waals surface area contributed by atoms with E-state index >= 15 is 0 Å². The van der Waals surface area contributed by atoms with Crippen LogP contribution in [-0.4, -0.2) is 46.7 Å². The van der Waals surface area contributed by atoms with Crippen LogP contribution < -0.4 is 9.64 Å². The fourth-order valence-electron chi connectivity index (χ4n) is 4.10. The van der Waals surface area contributed by atoms with Crippen LogP contribution in [0.25, 0.3) is 6.08 Å². The second-order valence-electron chi connectivity index (χ2n) is 7.97. The molecule has 0 bridgehead atoms. The average Bonchev–Trinajstić information content (AvgIpc) is 3.52. The molecule has 1 aromatic heterocycles. The van der Waals surface area contributed by atoms with Gasteiger partial charge in [-0.3, -0.25) is 14.5 Å². The van der Waals surface area contributed by atoms with Gasteiger partial charge >= 0.3 is 5.97 Å². The molecule has 2 aromatic rings. The number of nitrogens with zero attached hydrogens (tertiary/aromatic N) is 3. The van der Waals surface area contributed by atoms with E-state index in [-0.39, 0.29) is 17.6 Å². The summed E-state index contributed by atoms with van der Waals surface area (Å²) >= 11 is 5.63. The SMILES string of the molecule is CCOc1ccc(N2C(=O)/C(=C/c3cc(C)n(C4CC4)c3C)N(CC(=O)OC)C2=S)cc1. The van der Waals surface area contributed by atoms with Crippen LogP contribution in [-0.2, 0) is 14.3 Å². The molecule has 0 spiro atoms. The molecule has 0 atom stereocenters. The molecule has 32 heavy (non-hydrogen) atoms. The number of methoxy groups -OCH3 is 1. The lowest BCUT2D eigenvalue weighted by atomic mass is 10.2. The van der Waals surface area contributed by atoms with Gasteiger partial charge in [-0.05, 0) is 87.8 Å². The number of ether oxygens (including phenoxy) is 2. The lowest BCUT2D eigenvalue weighted by Crippen LogP contribution is -2.35. The molecule has 1 aliphatic carbocycles. The topological polar surface area (TPSA) is 64.0 Å². The largest absolute Gasteiger partial charge is 0.494 e. The lowest BCUT2D eigenvalue weighted by Gasteiger charge is -2.19. The predicted octanol–water partition coefficient (Wildman–Crippen LogP) is 3.99. The van der Waals surface area contributed by atoms with E-state index in [1.165, 1.54) is 24.9 Å². The number of esters is 1. The lowest BCUT2D eigenvalue weighted by molar-refractivity contribution is -0.140. The molecule has 7 nitrogen and oxygen atoms in total. The third-order valence-corrected chi connectivity index (χ3v) is 6.19. The molecule has 1 saturated heterocycles. The number of carbonyl (C=O) groups is 2. The third-order valence-electron chi connectivity index (χ3n) is 5.78. The van der Waals surface area contributed by atoms with Crippen LogP contribution in [0.2, 0.25) is 0 Å². The first-order valence-corrected chi connectivity index (χ1v) is 11.1. The zero-order valence-corrected chi connectivity index (χ0v) is 19.6. The van der Waals surface area contributed by atoms with Crippen LogP contribution in [0, 0.1) is 13.8 Å². The van der Waals surface area contributed by atoms with Gasteiger partial charge < -0.3 is 18.9 Å². The highest BCUT2D eigenvalue weighted by Crippen LogP contribution is 2.39. The maximum absolute atomic E-state index is 13.5. The van der Waals surface area contributed by atoms with Crippen LogP contribution >= 0.6 is 12.2 Å². The molecule has 1 saturated carbocycles. The number of amides is 1. The fraction of sp³-hybridized carbons (Fsp3) is 0.375. The minimum absolute atomic E-state index is 0.137. The van der Waals surface area contributed by atoms with Crippen molar-refractivity contribution in [1.29, 1.82) is 0 Å². The van der Waals surface area contributed by atoms with Crippen molar-refractivity contribution < 1.29 is 19.1 Å². The first-order valence-electron chi connectivity index (χ1n) is 10.7. The number of hydrogen-bond acceptors (Lipinski definition) is 5. The van der Waals surface area contributed by atoms with E-state index in [1.807, 2.05) is 13.0 Å². The summed E-state index contributed by atoms with van der Waals surface area (Å²) in [7, 11) is 1.32. The Labute approximate surface area is 193 Å². The Morgan fingerprint density at radius 1 is 1.22 bits per heavy atom. The van der Waals surface area contributed by atoms with E-state index in [2.05, 4.69) is 24.5 Å². The molecule has 1 amide bonds. The van der Waals surface area contributed by atoms with Crippen molar-refractivity contribution in [3.05, 3.63) is 53.0 Å². The normalized spacial score (nSPS) is 17.4. The van der Waals surface area contributed by atoms with Crippen molar-refractivity contribution in [2.75, 3.05) is 25.2 Å². The maximum atomic E-state index is 13.5. The smallest absolute Gasteiger partial charge is 0.325 e. The predicted molar refractivity (Wildman–Crippen MR) is 127 cm³/mol. The van der Waals surface area contributed by atoms with Gasteiger partial charge in [0.25, 0.3) is 5.91 Å². The molecule has 8 heteroatoms. The van der Waals surface area contributed by atoms with Crippen LogP contribution in [0.1, 0.15) is 42.8 Å². The molecular weight excluding hydrogens is 426 g/mol. The Bertz CT molecular complexity index is 1100. The standard InChI is InChI=1S/C24H27N3O4S/c1-5-31-20-10-8-19(9-11-20)27-23(29)21(25(24(27)32)14-22(28)30-4)13-17-12-15(2)26(16(17)3)18-6-7-18/h8-13,18H,5-7,14H2,1-4H3/b21-13-. The fourth-order valence-corrected chi connectivity index (χ4v) is 4.45. The molecular formula is C24H27N3O4S. The molecule has 2 fully saturated rings. The summed E-state index contributed by atoms with van der Waals surface area (Å²) < 4.78 is 12.7. The van der Waals surface area contributed by atoms with Crippen LogP contribution in [0.3, 0.4) is 0 Å². The maximum Gasteiger partial charge on any atom is 0.325 e. The Kier molecular flexibility index (Phi) is 6.06. The molecule has 0 N–H and O–H groups in total. The van der Waals surface area contributed by atoms with Gasteiger partial charge in [-0.15, -0.1) is 0 Å². The summed E-state index contributed by atoms with van der Waals surface area (Å²) in [5.74, 6) is -0.0363. The van der Waals surface area contributed by atoms with E-state index in [0.717, 1.165) is 17.0 Å². The van der Waals surface area contributed by atoms with Gasteiger partial charge in [-0.2, -0.15) is 0 Å². The Hall–Kier alpha value is -3.13. The van der Waals surface area contributed by atoms with Gasteiger partial charge in [-0.25, -0.2) is 0 Å². The van der Waals surface area contributed by atoms with Crippen molar-refractivity contribution in [2.45, 2.75) is 39.7 Å². The summed E-state index contributed by atoms with van der Waals surface area (Å²) in [6.45, 7) is 6.47. The molecule has 168 valence electrons. The van der Waals surface area contributed by atoms with Crippen molar-refractivity contribution in [1.82, 2.24) is 9.47 Å². The highest BCUT2D eigenvalue weighted by atomic mass is 32.1. The number of thiocarbonyl (C=S) groups is 1. The van der Waals surface area contributed by atoms with Gasteiger partial charge in [0, 0.05) is 17.4 Å². The number of anilines is 1. The summed E-state index contributed by atoms with van der Waals surface area (Å²) in [5.41, 5.74) is 4.18. The summed E-state index contributed by atoms with van der Waals surface area (Å²) in [6.07, 6.45) is 4.18. The molecule has 1 aromatic carbocycles. The molecule has 4 rings (SSSR count). The molecule has 2 heterocycles. The van der Waals surface area contributed by atoms with Gasteiger partial charge in [-0.1, -0.05) is 0 Å². The van der Waals surface area contributed by atoms with E-state index in [9.17, 15) is 9.59 Å². The highest BCUT2D eigenvalue weighted by Gasteiger charge is 2.40. The van der Waals surface area contributed by atoms with Crippen molar-refractivity contribution in [3.63, 3.8) is 0 Å². The zero-order chi connectivity index (χ0) is 23.0. The van der Waals surface area contributed by atoms with Crippen molar-refractivity contribution in [3.8, 4) is 5.75 Å². The van der Waals surface area contributed by atoms with Gasteiger partial charge in [0.2, 0.25) is 0 Å². The second-order valence-corrected chi connectivity index (χ2v) is 8.33. The van der Waals surface area contributed by atoms with Crippen molar-refractivity contribution in [2.24, 2.45) is 0 Å². The van der Waals surface area contributed by atoms with Gasteiger partial charge in [0.15, 0.2) is 5.11 Å². The minimum Gasteiger partial charge on any atom is -0.494 e. The first-order chi connectivity index (χ1) is 15.3. The monoisotopic (exact) mass is 453 g/mol. The highest BCUT2D eigenvalue weighted by molar-refractivity contribution is 7.80. The number of rotatable bonds is 7. The third kappa shape index (κ3) is 4.02. The molecule has 1 aliphatic heterocycles. The Morgan fingerprint density at radius 3 is 2.50 bits per heavy atom. The van der Waals surface area contributed by atoms with E-state index in [0.29, 0.717) is 29.8 Å². The summed E-state index contributed by atoms with van der Waals surface area (Å²) in [5, 5.41) is 0.242.